The van der Waals surface area contributed by atoms with Gasteiger partial charge in [0.1, 0.15) is 11.8 Å². The number of methoxy groups -OCH3 is 1. The largest absolute Gasteiger partial charge is 0.465 e. The van der Waals surface area contributed by atoms with E-state index < -0.39 is 41.4 Å². The third-order valence-corrected chi connectivity index (χ3v) is 2.13. The van der Waals surface area contributed by atoms with Crippen LogP contribution in [-0.2, 0) is 4.74 Å². The van der Waals surface area contributed by atoms with Crippen molar-refractivity contribution < 1.29 is 31.8 Å². The van der Waals surface area contributed by atoms with E-state index in [0.717, 1.165) is 7.11 Å². The first-order valence-electron chi connectivity index (χ1n) is 4.80. The van der Waals surface area contributed by atoms with E-state index in [1.165, 1.54) is 6.07 Å². The molecule has 1 aromatic rings. The van der Waals surface area contributed by atoms with Crippen LogP contribution in [0.4, 0.5) is 17.6 Å². The summed E-state index contributed by atoms with van der Waals surface area (Å²) < 4.78 is 57.8. The van der Waals surface area contributed by atoms with Crippen LogP contribution in [0.2, 0.25) is 0 Å². The molecule has 0 fully saturated rings. The summed E-state index contributed by atoms with van der Waals surface area (Å²) in [5.41, 5.74) is -1.74. The summed E-state index contributed by atoms with van der Waals surface area (Å²) in [6.45, 7) is -3.34. The third-order valence-electron chi connectivity index (χ3n) is 2.13. The molecule has 1 aromatic carbocycles. The molecule has 0 N–H and O–H groups in total. The number of alkyl halides is 4. The molecule has 0 spiro atoms. The SMILES string of the molecule is COC(=O)c1cc(OC(F)F)c(C(F)F)cc1C#N. The molecule has 0 unspecified atom stereocenters. The van der Waals surface area contributed by atoms with Crippen molar-refractivity contribution in [3.05, 3.63) is 28.8 Å². The number of hydrogen-bond acceptors (Lipinski definition) is 4. The first-order valence-corrected chi connectivity index (χ1v) is 4.80. The van der Waals surface area contributed by atoms with Gasteiger partial charge in [0.25, 0.3) is 6.43 Å². The number of carbonyl (C=O) groups excluding carboxylic acids is 1. The van der Waals surface area contributed by atoms with Gasteiger partial charge in [-0.25, -0.2) is 13.6 Å². The maximum atomic E-state index is 12.7. The molecule has 19 heavy (non-hydrogen) atoms. The van der Waals surface area contributed by atoms with Crippen LogP contribution in [0, 0.1) is 11.3 Å². The van der Waals surface area contributed by atoms with Crippen molar-refractivity contribution in [1.82, 2.24) is 0 Å². The van der Waals surface area contributed by atoms with E-state index in [1.807, 2.05) is 0 Å². The number of rotatable bonds is 4. The number of hydrogen-bond donors (Lipinski definition) is 0. The van der Waals surface area contributed by atoms with Crippen LogP contribution in [0.15, 0.2) is 12.1 Å². The first kappa shape index (κ1) is 14.8. The standard InChI is InChI=1S/C11H7F4NO3/c1-18-10(17)6-3-8(19-11(14)15)7(9(12)13)2-5(6)4-16/h2-3,9,11H,1H3. The second-order valence-corrected chi connectivity index (χ2v) is 3.22. The maximum Gasteiger partial charge on any atom is 0.387 e. The van der Waals surface area contributed by atoms with Crippen LogP contribution < -0.4 is 4.74 Å². The van der Waals surface area contributed by atoms with Gasteiger partial charge in [-0.2, -0.15) is 14.0 Å². The third kappa shape index (κ3) is 3.34. The van der Waals surface area contributed by atoms with Crippen molar-refractivity contribution in [1.29, 1.82) is 5.26 Å². The Morgan fingerprint density at radius 3 is 2.37 bits per heavy atom. The fourth-order valence-electron chi connectivity index (χ4n) is 1.34. The molecule has 0 atom stereocenters. The van der Waals surface area contributed by atoms with E-state index in [1.54, 1.807) is 0 Å². The molecule has 1 rings (SSSR count). The van der Waals surface area contributed by atoms with Gasteiger partial charge in [-0.1, -0.05) is 0 Å². The van der Waals surface area contributed by atoms with Crippen LogP contribution in [0.25, 0.3) is 0 Å². The highest BCUT2D eigenvalue weighted by atomic mass is 19.3. The lowest BCUT2D eigenvalue weighted by atomic mass is 10.0. The number of nitrogens with zero attached hydrogens (tertiary/aromatic N) is 1. The molecule has 102 valence electrons. The Hall–Kier alpha value is -2.30. The van der Waals surface area contributed by atoms with Gasteiger partial charge in [-0.15, -0.1) is 0 Å². The van der Waals surface area contributed by atoms with Crippen LogP contribution in [-0.4, -0.2) is 19.7 Å². The molecule has 0 bridgehead atoms. The van der Waals surface area contributed by atoms with Gasteiger partial charge in [0.2, 0.25) is 0 Å². The molecule has 0 aliphatic heterocycles. The highest BCUT2D eigenvalue weighted by molar-refractivity contribution is 5.92. The first-order chi connectivity index (χ1) is 8.90. The molecule has 0 aliphatic rings. The molecule has 4 nitrogen and oxygen atoms in total. The molecular weight excluding hydrogens is 270 g/mol. The number of carbonyl (C=O) groups is 1. The zero-order chi connectivity index (χ0) is 14.6. The molecule has 0 aliphatic carbocycles. The minimum absolute atomic E-state index is 0.413. The van der Waals surface area contributed by atoms with Crippen molar-refractivity contribution in [2.24, 2.45) is 0 Å². The minimum Gasteiger partial charge on any atom is -0.465 e. The Labute approximate surface area is 105 Å². The zero-order valence-corrected chi connectivity index (χ0v) is 9.49. The second kappa shape index (κ2) is 6.04. The van der Waals surface area contributed by atoms with Crippen LogP contribution in [0.1, 0.15) is 27.9 Å². The van der Waals surface area contributed by atoms with E-state index in [2.05, 4.69) is 9.47 Å². The fourth-order valence-corrected chi connectivity index (χ4v) is 1.34. The molecule has 8 heteroatoms. The van der Waals surface area contributed by atoms with Gasteiger partial charge in [0.05, 0.1) is 23.8 Å². The van der Waals surface area contributed by atoms with Gasteiger partial charge in [-0.05, 0) is 12.1 Å². The quantitative estimate of drug-likeness (QED) is 0.627. The highest BCUT2D eigenvalue weighted by Gasteiger charge is 2.23. The highest BCUT2D eigenvalue weighted by Crippen LogP contribution is 2.33. The summed E-state index contributed by atoms with van der Waals surface area (Å²) in [5.74, 6) is -1.89. The van der Waals surface area contributed by atoms with Gasteiger partial charge < -0.3 is 9.47 Å². The minimum atomic E-state index is -3.34. The Morgan fingerprint density at radius 2 is 1.95 bits per heavy atom. The van der Waals surface area contributed by atoms with Crippen molar-refractivity contribution in [2.45, 2.75) is 13.0 Å². The summed E-state index contributed by atoms with van der Waals surface area (Å²) in [4.78, 5) is 11.3. The van der Waals surface area contributed by atoms with Crippen LogP contribution in [0.3, 0.4) is 0 Å². The summed E-state index contributed by atoms with van der Waals surface area (Å²) in [6.07, 6.45) is -3.13. The average molecular weight is 277 g/mol. The lowest BCUT2D eigenvalue weighted by molar-refractivity contribution is -0.0520. The molecular formula is C11H7F4NO3. The van der Waals surface area contributed by atoms with Crippen molar-refractivity contribution in [3.63, 3.8) is 0 Å². The van der Waals surface area contributed by atoms with Crippen molar-refractivity contribution in [2.75, 3.05) is 7.11 Å². The maximum absolute atomic E-state index is 12.7. The summed E-state index contributed by atoms with van der Waals surface area (Å²) >= 11 is 0. The normalized spacial score (nSPS) is 10.4. The zero-order valence-electron chi connectivity index (χ0n) is 9.49. The summed E-state index contributed by atoms with van der Waals surface area (Å²) in [6, 6.07) is 2.77. The van der Waals surface area contributed by atoms with Crippen molar-refractivity contribution >= 4 is 5.97 Å². The summed E-state index contributed by atoms with van der Waals surface area (Å²) in [7, 11) is 0.998. The molecule has 0 saturated heterocycles. The Bertz CT molecular complexity index is 525. The molecule has 0 saturated carbocycles. The van der Waals surface area contributed by atoms with Gasteiger partial charge >= 0.3 is 12.6 Å². The second-order valence-electron chi connectivity index (χ2n) is 3.22. The van der Waals surface area contributed by atoms with Crippen LogP contribution in [0.5, 0.6) is 5.75 Å². The monoisotopic (exact) mass is 277 g/mol. The van der Waals surface area contributed by atoms with E-state index in [-0.39, 0.29) is 0 Å². The van der Waals surface area contributed by atoms with Gasteiger partial charge in [0, 0.05) is 0 Å². The van der Waals surface area contributed by atoms with Gasteiger partial charge in [-0.3, -0.25) is 0 Å². The van der Waals surface area contributed by atoms with Crippen LogP contribution >= 0.6 is 0 Å². The smallest absolute Gasteiger partial charge is 0.387 e. The fraction of sp³-hybridized carbons (Fsp3) is 0.273. The van der Waals surface area contributed by atoms with E-state index in [0.29, 0.717) is 12.1 Å². The van der Waals surface area contributed by atoms with E-state index in [4.69, 9.17) is 5.26 Å². The molecule has 0 aromatic heterocycles. The van der Waals surface area contributed by atoms with Crippen molar-refractivity contribution in [3.8, 4) is 11.8 Å². The predicted octanol–water partition coefficient (Wildman–Crippen LogP) is 2.88. The Kier molecular flexibility index (Phi) is 4.69. The Morgan fingerprint density at radius 1 is 1.32 bits per heavy atom. The molecule has 0 heterocycles. The number of nitriles is 1. The lowest BCUT2D eigenvalue weighted by Gasteiger charge is -2.12. The number of benzene rings is 1. The average Bonchev–Trinajstić information content (AvgIpc) is 2.36. The van der Waals surface area contributed by atoms with E-state index in [9.17, 15) is 22.4 Å². The predicted molar refractivity (Wildman–Crippen MR) is 54.1 cm³/mol. The Balaban J connectivity index is 3.43. The number of halogens is 4. The number of ether oxygens (including phenoxy) is 2. The van der Waals surface area contributed by atoms with E-state index >= 15 is 0 Å². The molecule has 0 amide bonds. The number of esters is 1. The topological polar surface area (TPSA) is 59.3 Å². The lowest BCUT2D eigenvalue weighted by Crippen LogP contribution is -2.10. The van der Waals surface area contributed by atoms with Gasteiger partial charge in [0.15, 0.2) is 0 Å². The summed E-state index contributed by atoms with van der Waals surface area (Å²) in [5, 5.41) is 8.75. The molecule has 0 radical (unpaired) electrons.